The second-order valence-electron chi connectivity index (χ2n) is 4.31. The molecule has 0 aliphatic heterocycles. The van der Waals surface area contributed by atoms with E-state index in [2.05, 4.69) is 5.32 Å². The summed E-state index contributed by atoms with van der Waals surface area (Å²) >= 11 is 5.79. The molecule has 0 saturated heterocycles. The van der Waals surface area contributed by atoms with Gasteiger partial charge in [-0.05, 0) is 30.3 Å². The number of hydrogen-bond donors (Lipinski definition) is 2. The predicted molar refractivity (Wildman–Crippen MR) is 81.0 cm³/mol. The number of amides is 1. The van der Waals surface area contributed by atoms with Crippen LogP contribution in [0.25, 0.3) is 0 Å². The molecule has 0 aliphatic carbocycles. The molecule has 0 heterocycles. The molecule has 0 aromatic heterocycles. The summed E-state index contributed by atoms with van der Waals surface area (Å²) < 4.78 is 18.5. The van der Waals surface area contributed by atoms with Gasteiger partial charge in [-0.15, -0.1) is 0 Å². The zero-order valence-corrected chi connectivity index (χ0v) is 11.9. The summed E-state index contributed by atoms with van der Waals surface area (Å²) in [4.78, 5) is 11.7. The molecule has 0 bridgehead atoms. The van der Waals surface area contributed by atoms with Crippen LogP contribution < -0.4 is 15.8 Å². The average Bonchev–Trinajstić information content (AvgIpc) is 2.45. The van der Waals surface area contributed by atoms with Gasteiger partial charge < -0.3 is 15.8 Å². The molecular weight excluding hydrogens is 295 g/mol. The highest BCUT2D eigenvalue weighted by Gasteiger charge is 2.06. The molecule has 2 aromatic rings. The van der Waals surface area contributed by atoms with E-state index in [9.17, 15) is 9.18 Å². The fourth-order valence-corrected chi connectivity index (χ4v) is 1.78. The molecule has 0 fully saturated rings. The number of carbonyl (C=O) groups excluding carboxylic acids is 1. The van der Waals surface area contributed by atoms with E-state index < -0.39 is 5.82 Å². The monoisotopic (exact) mass is 308 g/mol. The van der Waals surface area contributed by atoms with Crippen molar-refractivity contribution in [1.29, 1.82) is 0 Å². The van der Waals surface area contributed by atoms with Crippen LogP contribution in [0.1, 0.15) is 6.42 Å². The first-order valence-electron chi connectivity index (χ1n) is 6.28. The van der Waals surface area contributed by atoms with Crippen molar-refractivity contribution in [1.82, 2.24) is 0 Å². The summed E-state index contributed by atoms with van der Waals surface area (Å²) in [7, 11) is 0. The van der Waals surface area contributed by atoms with Crippen molar-refractivity contribution >= 4 is 28.9 Å². The van der Waals surface area contributed by atoms with Crippen molar-refractivity contribution in [3.8, 4) is 5.75 Å². The lowest BCUT2D eigenvalue weighted by molar-refractivity contribution is -0.116. The first-order chi connectivity index (χ1) is 10.1. The van der Waals surface area contributed by atoms with E-state index in [1.807, 2.05) is 0 Å². The van der Waals surface area contributed by atoms with Crippen LogP contribution in [0.3, 0.4) is 0 Å². The molecular formula is C15H14ClFN2O2. The average molecular weight is 309 g/mol. The van der Waals surface area contributed by atoms with Gasteiger partial charge in [-0.2, -0.15) is 0 Å². The van der Waals surface area contributed by atoms with Gasteiger partial charge >= 0.3 is 0 Å². The first-order valence-corrected chi connectivity index (χ1v) is 6.66. The fourth-order valence-electron chi connectivity index (χ4n) is 1.66. The van der Waals surface area contributed by atoms with E-state index in [1.54, 1.807) is 30.3 Å². The Morgan fingerprint density at radius 2 is 2.05 bits per heavy atom. The topological polar surface area (TPSA) is 64.3 Å². The molecule has 0 radical (unpaired) electrons. The predicted octanol–water partition coefficient (Wildman–Crippen LogP) is 3.47. The number of anilines is 2. The number of hydrogen-bond acceptors (Lipinski definition) is 3. The van der Waals surface area contributed by atoms with Crippen LogP contribution >= 0.6 is 11.6 Å². The second-order valence-corrected chi connectivity index (χ2v) is 4.72. The highest BCUT2D eigenvalue weighted by molar-refractivity contribution is 6.33. The Morgan fingerprint density at radius 1 is 1.29 bits per heavy atom. The van der Waals surface area contributed by atoms with Gasteiger partial charge in [0.25, 0.3) is 0 Å². The van der Waals surface area contributed by atoms with Gasteiger partial charge in [0.2, 0.25) is 5.91 Å². The number of carbonyl (C=O) groups is 1. The SMILES string of the molecule is Nc1cc(NC(=O)CCOc2ccccc2F)ccc1Cl. The molecule has 0 unspecified atom stereocenters. The van der Waals surface area contributed by atoms with Crippen LogP contribution in [0.5, 0.6) is 5.75 Å². The molecule has 21 heavy (non-hydrogen) atoms. The molecule has 110 valence electrons. The highest BCUT2D eigenvalue weighted by Crippen LogP contribution is 2.22. The zero-order valence-electron chi connectivity index (χ0n) is 11.1. The molecule has 3 N–H and O–H groups in total. The van der Waals surface area contributed by atoms with E-state index in [0.29, 0.717) is 16.4 Å². The first kappa shape index (κ1) is 15.1. The van der Waals surface area contributed by atoms with Gasteiger partial charge in [0.05, 0.1) is 23.7 Å². The number of halogens is 2. The third-order valence-electron chi connectivity index (χ3n) is 2.70. The minimum atomic E-state index is -0.455. The molecule has 1 amide bonds. The number of benzene rings is 2. The lowest BCUT2D eigenvalue weighted by Crippen LogP contribution is -2.15. The number of para-hydroxylation sites is 1. The Hall–Kier alpha value is -2.27. The van der Waals surface area contributed by atoms with Crippen molar-refractivity contribution < 1.29 is 13.9 Å². The van der Waals surface area contributed by atoms with Crippen molar-refractivity contribution in [2.45, 2.75) is 6.42 Å². The summed E-state index contributed by atoms with van der Waals surface area (Å²) in [6, 6.07) is 10.8. The Balaban J connectivity index is 1.82. The van der Waals surface area contributed by atoms with E-state index in [-0.39, 0.29) is 24.7 Å². The van der Waals surface area contributed by atoms with E-state index >= 15 is 0 Å². The summed E-state index contributed by atoms with van der Waals surface area (Å²) in [6.07, 6.45) is 0.0941. The summed E-state index contributed by atoms with van der Waals surface area (Å²) in [6.45, 7) is 0.0792. The van der Waals surface area contributed by atoms with Gasteiger partial charge in [-0.1, -0.05) is 23.7 Å². The number of nitrogens with one attached hydrogen (secondary N) is 1. The number of rotatable bonds is 5. The van der Waals surface area contributed by atoms with Crippen LogP contribution in [0.4, 0.5) is 15.8 Å². The quantitative estimate of drug-likeness (QED) is 0.831. The van der Waals surface area contributed by atoms with Crippen molar-refractivity contribution in [2.24, 2.45) is 0 Å². The molecule has 6 heteroatoms. The molecule has 0 atom stereocenters. The zero-order chi connectivity index (χ0) is 15.2. The minimum Gasteiger partial charge on any atom is -0.490 e. The molecule has 2 aromatic carbocycles. The van der Waals surface area contributed by atoms with Crippen molar-refractivity contribution in [3.05, 3.63) is 53.3 Å². The third-order valence-corrected chi connectivity index (χ3v) is 3.05. The maximum Gasteiger partial charge on any atom is 0.227 e. The number of nitrogen functional groups attached to an aromatic ring is 1. The number of ether oxygens (including phenoxy) is 1. The highest BCUT2D eigenvalue weighted by atomic mass is 35.5. The van der Waals surface area contributed by atoms with Crippen LogP contribution in [0, 0.1) is 5.82 Å². The maximum atomic E-state index is 13.3. The summed E-state index contributed by atoms with van der Waals surface area (Å²) in [5, 5.41) is 3.09. The van der Waals surface area contributed by atoms with Gasteiger partial charge in [-0.25, -0.2) is 4.39 Å². The number of nitrogens with two attached hydrogens (primary N) is 1. The van der Waals surface area contributed by atoms with E-state index in [0.717, 1.165) is 0 Å². The Labute approximate surface area is 126 Å². The van der Waals surface area contributed by atoms with Crippen molar-refractivity contribution in [2.75, 3.05) is 17.7 Å². The molecule has 0 saturated carbocycles. The normalized spacial score (nSPS) is 10.2. The van der Waals surface area contributed by atoms with E-state index in [1.165, 1.54) is 12.1 Å². The van der Waals surface area contributed by atoms with E-state index in [4.69, 9.17) is 22.1 Å². The van der Waals surface area contributed by atoms with Crippen LogP contribution in [-0.4, -0.2) is 12.5 Å². The molecule has 4 nitrogen and oxygen atoms in total. The summed E-state index contributed by atoms with van der Waals surface area (Å²) in [5.41, 5.74) is 6.57. The minimum absolute atomic E-state index is 0.0792. The Morgan fingerprint density at radius 3 is 2.76 bits per heavy atom. The lowest BCUT2D eigenvalue weighted by Gasteiger charge is -2.08. The van der Waals surface area contributed by atoms with Gasteiger partial charge in [0.15, 0.2) is 11.6 Å². The Kier molecular flexibility index (Phi) is 5.00. The standard InChI is InChI=1S/C15H14ClFN2O2/c16-11-6-5-10(9-13(11)18)19-15(20)7-8-21-14-4-2-1-3-12(14)17/h1-6,9H,7-8,18H2,(H,19,20). The van der Waals surface area contributed by atoms with Gasteiger partial charge in [0.1, 0.15) is 0 Å². The summed E-state index contributed by atoms with van der Waals surface area (Å²) in [5.74, 6) is -0.586. The molecule has 2 rings (SSSR count). The second kappa shape index (κ2) is 6.95. The van der Waals surface area contributed by atoms with Gasteiger partial charge in [-0.3, -0.25) is 4.79 Å². The largest absolute Gasteiger partial charge is 0.490 e. The Bertz CT molecular complexity index is 649. The molecule has 0 aliphatic rings. The smallest absolute Gasteiger partial charge is 0.227 e. The molecule has 0 spiro atoms. The van der Waals surface area contributed by atoms with Gasteiger partial charge in [0, 0.05) is 5.69 Å². The maximum absolute atomic E-state index is 13.3. The van der Waals surface area contributed by atoms with Crippen molar-refractivity contribution in [3.63, 3.8) is 0 Å². The third kappa shape index (κ3) is 4.36. The van der Waals surface area contributed by atoms with Crippen LogP contribution in [0.15, 0.2) is 42.5 Å². The fraction of sp³-hybridized carbons (Fsp3) is 0.133. The van der Waals surface area contributed by atoms with Crippen LogP contribution in [-0.2, 0) is 4.79 Å². The lowest BCUT2D eigenvalue weighted by atomic mass is 10.2. The van der Waals surface area contributed by atoms with Crippen LogP contribution in [0.2, 0.25) is 5.02 Å².